The quantitative estimate of drug-likeness (QED) is 0.729. The molecule has 15 heavy (non-hydrogen) atoms. The number of carbonyl (C=O) groups excluding carboxylic acids is 1. The van der Waals surface area contributed by atoms with Crippen molar-refractivity contribution >= 4 is 12.1 Å². The second-order valence-corrected chi connectivity index (χ2v) is 5.01. The van der Waals surface area contributed by atoms with Gasteiger partial charge in [0, 0.05) is 0 Å². The maximum atomic E-state index is 11.4. The summed E-state index contributed by atoms with van der Waals surface area (Å²) in [6.45, 7) is 6.98. The molecule has 0 saturated heterocycles. The highest BCUT2D eigenvalue weighted by atomic mass is 16.6. The van der Waals surface area contributed by atoms with E-state index < -0.39 is 23.2 Å². The summed E-state index contributed by atoms with van der Waals surface area (Å²) >= 11 is 0. The summed E-state index contributed by atoms with van der Waals surface area (Å²) < 4.78 is 5.00. The van der Waals surface area contributed by atoms with Crippen LogP contribution in [0.25, 0.3) is 0 Å². The van der Waals surface area contributed by atoms with Gasteiger partial charge in [-0.15, -0.1) is 0 Å². The largest absolute Gasteiger partial charge is 0.479 e. The number of rotatable bonds is 2. The summed E-state index contributed by atoms with van der Waals surface area (Å²) in [6.07, 6.45) is -0.212. The summed E-state index contributed by atoms with van der Waals surface area (Å²) in [5.41, 5.74) is -1.72. The lowest BCUT2D eigenvalue weighted by Crippen LogP contribution is -2.46. The molecule has 1 fully saturated rings. The van der Waals surface area contributed by atoms with E-state index in [-0.39, 0.29) is 5.92 Å². The molecule has 1 aliphatic rings. The number of carbonyl (C=O) groups is 2. The molecule has 0 aromatic rings. The molecule has 1 rings (SSSR count). The van der Waals surface area contributed by atoms with Gasteiger partial charge in [-0.1, -0.05) is 6.92 Å². The number of hydrogen-bond donors (Lipinski definition) is 2. The van der Waals surface area contributed by atoms with Crippen LogP contribution in [0.5, 0.6) is 0 Å². The number of alkyl carbamates (subject to hydrolysis) is 1. The maximum Gasteiger partial charge on any atom is 0.408 e. The zero-order chi connectivity index (χ0) is 11.9. The predicted molar refractivity (Wildman–Crippen MR) is 53.5 cm³/mol. The van der Waals surface area contributed by atoms with E-state index in [1.807, 2.05) is 0 Å². The van der Waals surface area contributed by atoms with E-state index in [4.69, 9.17) is 9.84 Å². The van der Waals surface area contributed by atoms with Crippen molar-refractivity contribution in [3.8, 4) is 0 Å². The monoisotopic (exact) mass is 215 g/mol. The zero-order valence-corrected chi connectivity index (χ0v) is 9.46. The van der Waals surface area contributed by atoms with E-state index in [2.05, 4.69) is 5.32 Å². The summed E-state index contributed by atoms with van der Waals surface area (Å²) in [5.74, 6) is -1.04. The topological polar surface area (TPSA) is 75.6 Å². The Kier molecular flexibility index (Phi) is 2.67. The fourth-order valence-corrected chi connectivity index (χ4v) is 1.44. The van der Waals surface area contributed by atoms with Gasteiger partial charge in [0.1, 0.15) is 11.1 Å². The van der Waals surface area contributed by atoms with Crippen LogP contribution in [0.3, 0.4) is 0 Å². The first-order valence-electron chi connectivity index (χ1n) is 4.92. The van der Waals surface area contributed by atoms with Gasteiger partial charge in [-0.05, 0) is 33.1 Å². The lowest BCUT2D eigenvalue weighted by molar-refractivity contribution is -0.141. The van der Waals surface area contributed by atoms with Crippen molar-refractivity contribution in [2.24, 2.45) is 5.92 Å². The first-order valence-corrected chi connectivity index (χ1v) is 4.92. The summed E-state index contributed by atoms with van der Waals surface area (Å²) in [6, 6.07) is 0. The van der Waals surface area contributed by atoms with Crippen LogP contribution in [-0.4, -0.2) is 28.3 Å². The highest BCUT2D eigenvalue weighted by Gasteiger charge is 2.59. The number of carboxylic acid groups (broad SMARTS) is 1. The van der Waals surface area contributed by atoms with Gasteiger partial charge < -0.3 is 15.2 Å². The molecule has 0 aromatic carbocycles. The molecule has 0 spiro atoms. The van der Waals surface area contributed by atoms with Crippen molar-refractivity contribution in [2.45, 2.75) is 45.3 Å². The van der Waals surface area contributed by atoms with Crippen LogP contribution in [0.4, 0.5) is 4.79 Å². The second-order valence-electron chi connectivity index (χ2n) is 5.01. The summed E-state index contributed by atoms with van der Waals surface area (Å²) in [5, 5.41) is 11.4. The van der Waals surface area contributed by atoms with Crippen molar-refractivity contribution < 1.29 is 19.4 Å². The van der Waals surface area contributed by atoms with Gasteiger partial charge in [0.2, 0.25) is 0 Å². The summed E-state index contributed by atoms with van der Waals surface area (Å²) in [7, 11) is 0. The molecule has 0 unspecified atom stereocenters. The van der Waals surface area contributed by atoms with E-state index in [1.54, 1.807) is 27.7 Å². The molecule has 1 saturated carbocycles. The van der Waals surface area contributed by atoms with Crippen LogP contribution in [0.2, 0.25) is 0 Å². The average Bonchev–Trinajstić information content (AvgIpc) is 2.57. The highest BCUT2D eigenvalue weighted by molar-refractivity contribution is 5.88. The number of amides is 1. The molecular weight excluding hydrogens is 198 g/mol. The van der Waals surface area contributed by atoms with Gasteiger partial charge in [0.15, 0.2) is 0 Å². The Morgan fingerprint density at radius 1 is 1.47 bits per heavy atom. The first-order chi connectivity index (χ1) is 6.67. The molecule has 1 amide bonds. The number of aliphatic carboxylic acids is 1. The Morgan fingerprint density at radius 3 is 2.20 bits per heavy atom. The van der Waals surface area contributed by atoms with Crippen LogP contribution >= 0.6 is 0 Å². The molecule has 0 radical (unpaired) electrons. The Labute approximate surface area is 88.8 Å². The third-order valence-electron chi connectivity index (χ3n) is 2.41. The van der Waals surface area contributed by atoms with Crippen LogP contribution in [0, 0.1) is 5.92 Å². The van der Waals surface area contributed by atoms with Crippen LogP contribution in [0.1, 0.15) is 34.1 Å². The molecule has 0 heterocycles. The van der Waals surface area contributed by atoms with Gasteiger partial charge in [-0.25, -0.2) is 9.59 Å². The Bertz CT molecular complexity index is 294. The number of nitrogens with one attached hydrogen (secondary N) is 1. The fraction of sp³-hybridized carbons (Fsp3) is 0.800. The third-order valence-corrected chi connectivity index (χ3v) is 2.41. The third kappa shape index (κ3) is 2.61. The number of carboxylic acids is 1. The van der Waals surface area contributed by atoms with Crippen molar-refractivity contribution in [1.82, 2.24) is 5.32 Å². The van der Waals surface area contributed by atoms with Gasteiger partial charge in [-0.3, -0.25) is 0 Å². The molecule has 2 atom stereocenters. The van der Waals surface area contributed by atoms with Crippen molar-refractivity contribution in [2.75, 3.05) is 0 Å². The second kappa shape index (κ2) is 3.40. The van der Waals surface area contributed by atoms with E-state index >= 15 is 0 Å². The van der Waals surface area contributed by atoms with Crippen molar-refractivity contribution in [3.05, 3.63) is 0 Å². The standard InChI is InChI=1S/C10H17NO4/c1-6-5-10(6,7(12)13)11-8(14)15-9(2,3)4/h6H,5H2,1-4H3,(H,11,14)(H,12,13)/t6-,10-/m0/s1. The van der Waals surface area contributed by atoms with Gasteiger partial charge in [0.05, 0.1) is 0 Å². The number of ether oxygens (including phenoxy) is 1. The Balaban J connectivity index is 2.56. The smallest absolute Gasteiger partial charge is 0.408 e. The number of hydrogen-bond acceptors (Lipinski definition) is 3. The molecular formula is C10H17NO4. The van der Waals surface area contributed by atoms with Crippen LogP contribution < -0.4 is 5.32 Å². The normalized spacial score (nSPS) is 29.5. The van der Waals surface area contributed by atoms with E-state index in [0.29, 0.717) is 6.42 Å². The molecule has 0 bridgehead atoms. The molecule has 5 heteroatoms. The predicted octanol–water partition coefficient (Wildman–Crippen LogP) is 1.37. The minimum absolute atomic E-state index is 0.0393. The lowest BCUT2D eigenvalue weighted by Gasteiger charge is -2.22. The fourth-order valence-electron chi connectivity index (χ4n) is 1.44. The van der Waals surface area contributed by atoms with Gasteiger partial charge in [-0.2, -0.15) is 0 Å². The molecule has 5 nitrogen and oxygen atoms in total. The highest BCUT2D eigenvalue weighted by Crippen LogP contribution is 2.43. The SMILES string of the molecule is C[C@H]1C[C@@]1(NC(=O)OC(C)(C)C)C(=O)O. The van der Waals surface area contributed by atoms with Crippen molar-refractivity contribution in [1.29, 1.82) is 0 Å². The zero-order valence-electron chi connectivity index (χ0n) is 9.46. The average molecular weight is 215 g/mol. The van der Waals surface area contributed by atoms with Gasteiger partial charge in [0.25, 0.3) is 0 Å². The van der Waals surface area contributed by atoms with E-state index in [1.165, 1.54) is 0 Å². The minimum Gasteiger partial charge on any atom is -0.479 e. The first kappa shape index (κ1) is 11.8. The van der Waals surface area contributed by atoms with Crippen molar-refractivity contribution in [3.63, 3.8) is 0 Å². The van der Waals surface area contributed by atoms with E-state index in [0.717, 1.165) is 0 Å². The maximum absolute atomic E-state index is 11.4. The molecule has 0 aliphatic heterocycles. The van der Waals surface area contributed by atoms with E-state index in [9.17, 15) is 9.59 Å². The molecule has 0 aromatic heterocycles. The lowest BCUT2D eigenvalue weighted by atomic mass is 10.2. The Hall–Kier alpha value is -1.26. The minimum atomic E-state index is -1.11. The molecule has 86 valence electrons. The summed E-state index contributed by atoms with van der Waals surface area (Å²) in [4.78, 5) is 22.3. The molecule has 2 N–H and O–H groups in total. The van der Waals surface area contributed by atoms with Gasteiger partial charge >= 0.3 is 12.1 Å². The van der Waals surface area contributed by atoms with Crippen LogP contribution in [-0.2, 0) is 9.53 Å². The van der Waals surface area contributed by atoms with Crippen LogP contribution in [0.15, 0.2) is 0 Å². The molecule has 1 aliphatic carbocycles. The Morgan fingerprint density at radius 2 is 1.93 bits per heavy atom.